The zero-order valence-electron chi connectivity index (χ0n) is 16.4. The normalized spacial score (nSPS) is 22.4. The molecule has 2 aliphatic heterocycles. The fourth-order valence-corrected chi connectivity index (χ4v) is 4.15. The predicted octanol–water partition coefficient (Wildman–Crippen LogP) is 2.02. The summed E-state index contributed by atoms with van der Waals surface area (Å²) in [5, 5.41) is 3.40. The fourth-order valence-electron chi connectivity index (χ4n) is 3.96. The maximum atomic E-state index is 12.9. The third-order valence-electron chi connectivity index (χ3n) is 5.23. The summed E-state index contributed by atoms with van der Waals surface area (Å²) in [6.45, 7) is 2.18. The second-order valence-corrected chi connectivity index (χ2v) is 8.32. The molecule has 0 radical (unpaired) electrons. The molecule has 1 N–H and O–H groups in total. The Hall–Kier alpha value is -2.48. The van der Waals surface area contributed by atoms with Crippen LogP contribution in [0.5, 0.6) is 0 Å². The molecular formula is C19H26ClN5O3. The SMILES string of the molecule is CN(C)C(=O)N1CCN(C(=O)Nc2cccc(Cl)c2)CC2(CC(=O)N(C)C2)C1. The van der Waals surface area contributed by atoms with E-state index in [1.807, 2.05) is 0 Å². The smallest absolute Gasteiger partial charge is 0.321 e. The lowest BCUT2D eigenvalue weighted by Crippen LogP contribution is -2.47. The first-order valence-electron chi connectivity index (χ1n) is 9.21. The van der Waals surface area contributed by atoms with Crippen LogP contribution in [0.1, 0.15) is 6.42 Å². The highest BCUT2D eigenvalue weighted by Crippen LogP contribution is 2.34. The molecule has 3 rings (SSSR count). The van der Waals surface area contributed by atoms with Gasteiger partial charge in [0.2, 0.25) is 5.91 Å². The molecule has 0 aromatic heterocycles. The summed E-state index contributed by atoms with van der Waals surface area (Å²) in [5.41, 5.74) is 0.135. The van der Waals surface area contributed by atoms with Gasteiger partial charge in [-0.25, -0.2) is 9.59 Å². The molecule has 0 saturated carbocycles. The van der Waals surface area contributed by atoms with Crippen LogP contribution in [0.15, 0.2) is 24.3 Å². The van der Waals surface area contributed by atoms with E-state index in [4.69, 9.17) is 11.6 Å². The van der Waals surface area contributed by atoms with Crippen molar-refractivity contribution in [3.8, 4) is 0 Å². The Kier molecular flexibility index (Phi) is 5.69. The Labute approximate surface area is 170 Å². The highest BCUT2D eigenvalue weighted by Gasteiger charge is 2.47. The van der Waals surface area contributed by atoms with Gasteiger partial charge in [0.15, 0.2) is 0 Å². The number of carbonyl (C=O) groups is 3. The Balaban J connectivity index is 1.81. The van der Waals surface area contributed by atoms with Gasteiger partial charge in [-0.2, -0.15) is 0 Å². The van der Waals surface area contributed by atoms with Gasteiger partial charge in [-0.3, -0.25) is 4.79 Å². The number of hydrogen-bond donors (Lipinski definition) is 1. The minimum atomic E-state index is -0.473. The molecule has 8 nitrogen and oxygen atoms in total. The lowest BCUT2D eigenvalue weighted by Gasteiger charge is -2.34. The molecule has 2 fully saturated rings. The number of amides is 5. The summed E-state index contributed by atoms with van der Waals surface area (Å²) in [6.07, 6.45) is 0.321. The van der Waals surface area contributed by atoms with Gasteiger partial charge in [-0.05, 0) is 18.2 Å². The first kappa shape index (κ1) is 20.3. The van der Waals surface area contributed by atoms with Crippen LogP contribution in [-0.2, 0) is 4.79 Å². The minimum absolute atomic E-state index is 0.0364. The zero-order chi connectivity index (χ0) is 20.5. The van der Waals surface area contributed by atoms with E-state index in [-0.39, 0.29) is 18.0 Å². The maximum absolute atomic E-state index is 12.9. The molecule has 2 heterocycles. The summed E-state index contributed by atoms with van der Waals surface area (Å²) in [4.78, 5) is 44.4. The molecule has 28 heavy (non-hydrogen) atoms. The van der Waals surface area contributed by atoms with Gasteiger partial charge in [0.25, 0.3) is 0 Å². The van der Waals surface area contributed by atoms with Crippen molar-refractivity contribution < 1.29 is 14.4 Å². The Morgan fingerprint density at radius 3 is 2.43 bits per heavy atom. The molecular weight excluding hydrogens is 382 g/mol. The second-order valence-electron chi connectivity index (χ2n) is 7.89. The summed E-state index contributed by atoms with van der Waals surface area (Å²) in [5.74, 6) is 0.0364. The average Bonchev–Trinajstić information content (AvgIpc) is 2.78. The monoisotopic (exact) mass is 407 g/mol. The van der Waals surface area contributed by atoms with Crippen molar-refractivity contribution in [2.24, 2.45) is 5.41 Å². The first-order valence-corrected chi connectivity index (χ1v) is 9.59. The van der Waals surface area contributed by atoms with Crippen LogP contribution in [0.3, 0.4) is 0 Å². The molecule has 5 amide bonds. The van der Waals surface area contributed by atoms with Crippen LogP contribution >= 0.6 is 11.6 Å². The molecule has 1 spiro atoms. The maximum Gasteiger partial charge on any atom is 0.321 e. The quantitative estimate of drug-likeness (QED) is 0.773. The summed E-state index contributed by atoms with van der Waals surface area (Å²) >= 11 is 6.00. The fraction of sp³-hybridized carbons (Fsp3) is 0.526. The van der Waals surface area contributed by atoms with Crippen molar-refractivity contribution in [1.82, 2.24) is 19.6 Å². The van der Waals surface area contributed by atoms with Crippen molar-refractivity contribution >= 4 is 35.3 Å². The number of urea groups is 2. The number of benzene rings is 1. The number of carbonyl (C=O) groups excluding carboxylic acids is 3. The van der Waals surface area contributed by atoms with Crippen molar-refractivity contribution in [3.05, 3.63) is 29.3 Å². The molecule has 1 aromatic rings. The van der Waals surface area contributed by atoms with E-state index < -0.39 is 5.41 Å². The van der Waals surface area contributed by atoms with Gasteiger partial charge in [-0.15, -0.1) is 0 Å². The van der Waals surface area contributed by atoms with E-state index >= 15 is 0 Å². The average molecular weight is 408 g/mol. The summed E-state index contributed by atoms with van der Waals surface area (Å²) in [7, 11) is 5.17. The van der Waals surface area contributed by atoms with E-state index in [9.17, 15) is 14.4 Å². The molecule has 1 aromatic carbocycles. The Morgan fingerprint density at radius 1 is 1.14 bits per heavy atom. The number of anilines is 1. The van der Waals surface area contributed by atoms with E-state index in [0.29, 0.717) is 49.9 Å². The summed E-state index contributed by atoms with van der Waals surface area (Å²) in [6, 6.07) is 6.59. The van der Waals surface area contributed by atoms with Crippen molar-refractivity contribution in [1.29, 1.82) is 0 Å². The van der Waals surface area contributed by atoms with Crippen LogP contribution < -0.4 is 5.32 Å². The van der Waals surface area contributed by atoms with Crippen molar-refractivity contribution in [2.75, 3.05) is 59.2 Å². The lowest BCUT2D eigenvalue weighted by molar-refractivity contribution is -0.126. The number of hydrogen-bond acceptors (Lipinski definition) is 3. The van der Waals surface area contributed by atoms with E-state index in [1.165, 1.54) is 4.90 Å². The Morgan fingerprint density at radius 2 is 1.82 bits per heavy atom. The van der Waals surface area contributed by atoms with Crippen molar-refractivity contribution in [3.63, 3.8) is 0 Å². The predicted molar refractivity (Wildman–Crippen MR) is 107 cm³/mol. The van der Waals surface area contributed by atoms with Crippen LogP contribution in [0.2, 0.25) is 5.02 Å². The molecule has 1 unspecified atom stereocenters. The van der Waals surface area contributed by atoms with Crippen LogP contribution in [0, 0.1) is 5.41 Å². The molecule has 1 atom stereocenters. The Bertz CT molecular complexity index is 787. The molecule has 152 valence electrons. The zero-order valence-corrected chi connectivity index (χ0v) is 17.2. The third kappa shape index (κ3) is 4.32. The number of halogens is 1. The molecule has 2 aliphatic rings. The van der Waals surface area contributed by atoms with Crippen molar-refractivity contribution in [2.45, 2.75) is 6.42 Å². The van der Waals surface area contributed by atoms with Crippen LogP contribution in [-0.4, -0.2) is 91.4 Å². The number of rotatable bonds is 1. The summed E-state index contributed by atoms with van der Waals surface area (Å²) < 4.78 is 0. The van der Waals surface area contributed by atoms with E-state index in [0.717, 1.165) is 0 Å². The third-order valence-corrected chi connectivity index (χ3v) is 5.47. The molecule has 0 aliphatic carbocycles. The standard InChI is InChI=1S/C19H26ClN5O3/c1-22(2)18(28)25-8-7-24(12-19(13-25)10-16(26)23(3)11-19)17(27)21-15-6-4-5-14(20)9-15/h4-6,9H,7-8,10-13H2,1-3H3,(H,21,27). The van der Waals surface area contributed by atoms with Gasteiger partial charge in [0.05, 0.1) is 0 Å². The first-order chi connectivity index (χ1) is 13.2. The van der Waals surface area contributed by atoms with Gasteiger partial charge in [-0.1, -0.05) is 17.7 Å². The van der Waals surface area contributed by atoms with Crippen LogP contribution in [0.25, 0.3) is 0 Å². The highest BCUT2D eigenvalue weighted by atomic mass is 35.5. The largest absolute Gasteiger partial charge is 0.345 e. The van der Waals surface area contributed by atoms with E-state index in [1.54, 1.807) is 60.1 Å². The molecule has 0 bridgehead atoms. The molecule has 9 heteroatoms. The van der Waals surface area contributed by atoms with Gasteiger partial charge in [0.1, 0.15) is 0 Å². The molecule has 2 saturated heterocycles. The second kappa shape index (κ2) is 7.87. The van der Waals surface area contributed by atoms with Crippen LogP contribution in [0.4, 0.5) is 15.3 Å². The number of nitrogens with zero attached hydrogens (tertiary/aromatic N) is 4. The van der Waals surface area contributed by atoms with Gasteiger partial charge >= 0.3 is 12.1 Å². The van der Waals surface area contributed by atoms with Gasteiger partial charge in [0, 0.05) is 76.4 Å². The minimum Gasteiger partial charge on any atom is -0.345 e. The van der Waals surface area contributed by atoms with Gasteiger partial charge < -0.3 is 24.9 Å². The highest BCUT2D eigenvalue weighted by molar-refractivity contribution is 6.30. The lowest BCUT2D eigenvalue weighted by atomic mass is 9.86. The number of likely N-dealkylation sites (tertiary alicyclic amines) is 1. The van der Waals surface area contributed by atoms with E-state index in [2.05, 4.69) is 5.32 Å². The number of nitrogens with one attached hydrogen (secondary N) is 1. The topological polar surface area (TPSA) is 76.2 Å².